The molecule has 0 aromatic heterocycles. The van der Waals surface area contributed by atoms with Crippen LogP contribution in [0.2, 0.25) is 0 Å². The summed E-state index contributed by atoms with van der Waals surface area (Å²) in [6.45, 7) is 9.94. The monoisotopic (exact) mass is 290 g/mol. The van der Waals surface area contributed by atoms with E-state index in [1.807, 2.05) is 0 Å². The summed E-state index contributed by atoms with van der Waals surface area (Å²) in [6.07, 6.45) is 8.57. The van der Waals surface area contributed by atoms with Crippen LogP contribution in [0.1, 0.15) is 33.3 Å². The number of rotatable bonds is 3. The highest BCUT2D eigenvalue weighted by Gasteiger charge is 2.44. The van der Waals surface area contributed by atoms with Gasteiger partial charge in [0.05, 0.1) is 5.41 Å². The zero-order valence-electron chi connectivity index (χ0n) is 13.9. The zero-order chi connectivity index (χ0) is 15.7. The van der Waals surface area contributed by atoms with Gasteiger partial charge in [0.1, 0.15) is 6.54 Å². The van der Waals surface area contributed by atoms with Crippen molar-refractivity contribution in [3.8, 4) is 0 Å². The number of fused-ring (bicyclic) bond motifs is 3. The lowest BCUT2D eigenvalue weighted by atomic mass is 9.79. The molecule has 0 aliphatic carbocycles. The quantitative estimate of drug-likeness (QED) is 0.528. The molecule has 1 aliphatic rings. The summed E-state index contributed by atoms with van der Waals surface area (Å²) in [6, 6.07) is 13.2. The van der Waals surface area contributed by atoms with Crippen LogP contribution < -0.4 is 0 Å². The second-order valence-corrected chi connectivity index (χ2v) is 6.32. The van der Waals surface area contributed by atoms with Crippen molar-refractivity contribution in [1.29, 1.82) is 0 Å². The molecule has 0 N–H and O–H groups in total. The maximum Gasteiger partial charge on any atom is 0.210 e. The van der Waals surface area contributed by atoms with Crippen LogP contribution in [-0.4, -0.2) is 16.8 Å². The first-order chi connectivity index (χ1) is 10.6. The Kier molecular flexibility index (Phi) is 3.74. The molecule has 1 nitrogen and oxygen atoms in total. The minimum Gasteiger partial charge on any atom is -0.195 e. The third kappa shape index (κ3) is 2.12. The number of hydrogen-bond acceptors (Lipinski definition) is 0. The lowest BCUT2D eigenvalue weighted by molar-refractivity contribution is -0.433. The van der Waals surface area contributed by atoms with Gasteiger partial charge in [0, 0.05) is 17.7 Å². The van der Waals surface area contributed by atoms with Crippen LogP contribution in [-0.2, 0) is 5.41 Å². The summed E-state index contributed by atoms with van der Waals surface area (Å²) in [5.41, 5.74) is 4.20. The van der Waals surface area contributed by atoms with E-state index < -0.39 is 0 Å². The fraction of sp³-hybridized carbons (Fsp3) is 0.286. The maximum atomic E-state index is 2.45. The third-order valence-electron chi connectivity index (χ3n) is 4.63. The Labute approximate surface area is 133 Å². The molecule has 0 atom stereocenters. The summed E-state index contributed by atoms with van der Waals surface area (Å²) in [4.78, 5) is 0. The predicted molar refractivity (Wildman–Crippen MR) is 96.4 cm³/mol. The first kappa shape index (κ1) is 14.8. The maximum absolute atomic E-state index is 2.45. The molecule has 0 saturated heterocycles. The highest BCUT2D eigenvalue weighted by molar-refractivity contribution is 6.07. The van der Waals surface area contributed by atoms with Crippen molar-refractivity contribution in [3.05, 3.63) is 66.3 Å². The molecular formula is C21H24N+. The lowest BCUT2D eigenvalue weighted by Gasteiger charge is -2.17. The van der Waals surface area contributed by atoms with Crippen molar-refractivity contribution in [1.82, 2.24) is 0 Å². The van der Waals surface area contributed by atoms with Crippen molar-refractivity contribution < 1.29 is 4.58 Å². The van der Waals surface area contributed by atoms with Gasteiger partial charge in [-0.25, -0.2) is 0 Å². The van der Waals surface area contributed by atoms with Crippen LogP contribution >= 0.6 is 0 Å². The Morgan fingerprint density at radius 3 is 2.55 bits per heavy atom. The van der Waals surface area contributed by atoms with Gasteiger partial charge in [-0.3, -0.25) is 0 Å². The molecule has 2 aromatic rings. The summed E-state index contributed by atoms with van der Waals surface area (Å²) in [7, 11) is 0. The van der Waals surface area contributed by atoms with Gasteiger partial charge in [-0.05, 0) is 44.5 Å². The topological polar surface area (TPSA) is 3.01 Å². The molecule has 0 spiro atoms. The molecular weight excluding hydrogens is 266 g/mol. The second-order valence-electron chi connectivity index (χ2n) is 6.32. The largest absolute Gasteiger partial charge is 0.210 e. The van der Waals surface area contributed by atoms with E-state index in [4.69, 9.17) is 0 Å². The number of nitrogens with zero attached hydrogens (tertiary/aromatic N) is 1. The summed E-state index contributed by atoms with van der Waals surface area (Å²) in [5.74, 6) is 0. The van der Waals surface area contributed by atoms with Gasteiger partial charge in [-0.1, -0.05) is 42.5 Å². The molecule has 0 unspecified atom stereocenters. The smallest absolute Gasteiger partial charge is 0.195 e. The molecule has 0 radical (unpaired) electrons. The molecule has 0 bridgehead atoms. The molecule has 0 saturated carbocycles. The van der Waals surface area contributed by atoms with E-state index in [0.717, 1.165) is 6.54 Å². The molecule has 1 aliphatic heterocycles. The summed E-state index contributed by atoms with van der Waals surface area (Å²) in [5, 5.41) is 2.70. The van der Waals surface area contributed by atoms with Crippen LogP contribution in [0.15, 0.2) is 60.7 Å². The number of benzene rings is 2. The van der Waals surface area contributed by atoms with Gasteiger partial charge >= 0.3 is 0 Å². The van der Waals surface area contributed by atoms with Gasteiger partial charge in [0.2, 0.25) is 5.69 Å². The Bertz CT molecular complexity index is 804. The van der Waals surface area contributed by atoms with Gasteiger partial charge in [0.15, 0.2) is 5.71 Å². The number of allylic oxidation sites excluding steroid dienone is 4. The van der Waals surface area contributed by atoms with E-state index in [1.54, 1.807) is 0 Å². The van der Waals surface area contributed by atoms with Gasteiger partial charge in [-0.15, -0.1) is 0 Å². The SMILES string of the molecule is C/C=C/C=C/C1=[N+](CC)c2ccc3ccccc3c2C1(C)C. The zero-order valence-corrected chi connectivity index (χ0v) is 13.9. The minimum absolute atomic E-state index is 0.0181. The Hall–Kier alpha value is -2.15. The predicted octanol–water partition coefficient (Wildman–Crippen LogP) is 5.37. The van der Waals surface area contributed by atoms with Gasteiger partial charge in [0.25, 0.3) is 0 Å². The summed E-state index contributed by atoms with van der Waals surface area (Å²) >= 11 is 0. The van der Waals surface area contributed by atoms with Crippen molar-refractivity contribution in [3.63, 3.8) is 0 Å². The molecule has 3 rings (SSSR count). The molecule has 22 heavy (non-hydrogen) atoms. The molecule has 2 aromatic carbocycles. The molecule has 112 valence electrons. The van der Waals surface area contributed by atoms with E-state index in [0.29, 0.717) is 0 Å². The van der Waals surface area contributed by atoms with Crippen LogP contribution in [0.25, 0.3) is 10.8 Å². The fourth-order valence-electron chi connectivity index (χ4n) is 3.63. The Morgan fingerprint density at radius 2 is 1.82 bits per heavy atom. The first-order valence-electron chi connectivity index (χ1n) is 8.07. The lowest BCUT2D eigenvalue weighted by Crippen LogP contribution is -2.27. The molecule has 1 heterocycles. The van der Waals surface area contributed by atoms with Crippen LogP contribution in [0.5, 0.6) is 0 Å². The van der Waals surface area contributed by atoms with E-state index in [1.165, 1.54) is 27.7 Å². The molecule has 0 fully saturated rings. The Balaban J connectivity index is 2.28. The van der Waals surface area contributed by atoms with E-state index in [9.17, 15) is 0 Å². The van der Waals surface area contributed by atoms with Gasteiger partial charge < -0.3 is 0 Å². The van der Waals surface area contributed by atoms with Crippen LogP contribution in [0, 0.1) is 0 Å². The van der Waals surface area contributed by atoms with E-state index in [-0.39, 0.29) is 5.41 Å². The van der Waals surface area contributed by atoms with Crippen molar-refractivity contribution in [2.24, 2.45) is 0 Å². The molecule has 1 heteroatoms. The molecule has 0 amide bonds. The average molecular weight is 290 g/mol. The Morgan fingerprint density at radius 1 is 1.05 bits per heavy atom. The highest BCUT2D eigenvalue weighted by Crippen LogP contribution is 2.44. The third-order valence-corrected chi connectivity index (χ3v) is 4.63. The average Bonchev–Trinajstić information content (AvgIpc) is 2.75. The van der Waals surface area contributed by atoms with Crippen LogP contribution in [0.4, 0.5) is 5.69 Å². The van der Waals surface area contributed by atoms with Crippen LogP contribution in [0.3, 0.4) is 0 Å². The number of hydrogen-bond donors (Lipinski definition) is 0. The van der Waals surface area contributed by atoms with E-state index in [2.05, 4.69) is 93.0 Å². The normalized spacial score (nSPS) is 17.1. The minimum atomic E-state index is 0.0181. The van der Waals surface area contributed by atoms with Crippen molar-refractivity contribution in [2.75, 3.05) is 6.54 Å². The second kappa shape index (κ2) is 5.57. The van der Waals surface area contributed by atoms with Crippen molar-refractivity contribution in [2.45, 2.75) is 33.1 Å². The van der Waals surface area contributed by atoms with E-state index >= 15 is 0 Å². The first-order valence-corrected chi connectivity index (χ1v) is 8.07. The van der Waals surface area contributed by atoms with Gasteiger partial charge in [-0.2, -0.15) is 4.58 Å². The van der Waals surface area contributed by atoms with Crippen molar-refractivity contribution >= 4 is 22.2 Å². The highest BCUT2D eigenvalue weighted by atomic mass is 15.0. The summed E-state index contributed by atoms with van der Waals surface area (Å²) < 4.78 is 2.45. The fourth-order valence-corrected chi connectivity index (χ4v) is 3.63. The standard InChI is InChI=1S/C21H24N/c1-5-7-8-13-19-21(3,4)20-17-12-10-9-11-16(17)14-15-18(20)22(19)6-2/h5,7-15H,6H2,1-4H3/q+1/b7-5+,13-8+.